The van der Waals surface area contributed by atoms with Gasteiger partial charge in [0.05, 0.1) is 0 Å². The molecule has 0 spiro atoms. The van der Waals surface area contributed by atoms with Crippen molar-refractivity contribution in [3.63, 3.8) is 0 Å². The maximum Gasteiger partial charge on any atom is 0.408 e. The third kappa shape index (κ3) is 5.83. The molecule has 1 aliphatic rings. The number of hydrogen-bond donors (Lipinski definition) is 1. The van der Waals surface area contributed by atoms with E-state index in [0.717, 1.165) is 11.1 Å². The second kappa shape index (κ2) is 10.4. The summed E-state index contributed by atoms with van der Waals surface area (Å²) in [6.07, 6.45) is 0.578. The normalized spacial score (nSPS) is 16.6. The van der Waals surface area contributed by atoms with Gasteiger partial charge in [0.25, 0.3) is 0 Å². The van der Waals surface area contributed by atoms with E-state index in [4.69, 9.17) is 9.47 Å². The molecule has 0 saturated carbocycles. The van der Waals surface area contributed by atoms with Crippen LogP contribution < -0.4 is 5.32 Å². The summed E-state index contributed by atoms with van der Waals surface area (Å²) in [7, 11) is 0. The molecule has 1 heterocycles. The average Bonchev–Trinajstić information content (AvgIpc) is 3.27. The van der Waals surface area contributed by atoms with Crippen molar-refractivity contribution in [3.8, 4) is 0 Å². The first-order valence-electron chi connectivity index (χ1n) is 10.0. The second-order valence-corrected chi connectivity index (χ2v) is 7.21. The zero-order valence-corrected chi connectivity index (χ0v) is 17.0. The molecule has 0 radical (unpaired) electrons. The second-order valence-electron chi connectivity index (χ2n) is 7.21. The van der Waals surface area contributed by atoms with E-state index in [0.29, 0.717) is 19.4 Å². The van der Waals surface area contributed by atoms with Crippen LogP contribution in [0.15, 0.2) is 60.7 Å². The molecule has 0 bridgehead atoms. The van der Waals surface area contributed by atoms with Gasteiger partial charge in [-0.1, -0.05) is 60.7 Å². The first kappa shape index (κ1) is 21.4. The van der Waals surface area contributed by atoms with Crippen LogP contribution in [0, 0.1) is 0 Å². The number of rotatable bonds is 7. The van der Waals surface area contributed by atoms with Crippen LogP contribution in [0.1, 0.15) is 30.9 Å². The Labute approximate surface area is 176 Å². The number of esters is 1. The van der Waals surface area contributed by atoms with Crippen molar-refractivity contribution in [1.82, 2.24) is 10.2 Å². The summed E-state index contributed by atoms with van der Waals surface area (Å²) in [4.78, 5) is 38.8. The molecule has 2 aromatic rings. The molecule has 7 heteroatoms. The molecule has 1 fully saturated rings. The molecule has 2 aromatic carbocycles. The van der Waals surface area contributed by atoms with Crippen molar-refractivity contribution in [3.05, 3.63) is 71.8 Å². The van der Waals surface area contributed by atoms with Gasteiger partial charge in [-0.05, 0) is 30.9 Å². The van der Waals surface area contributed by atoms with Crippen LogP contribution in [-0.2, 0) is 32.3 Å². The molecule has 2 atom stereocenters. The molecule has 30 heavy (non-hydrogen) atoms. The van der Waals surface area contributed by atoms with Gasteiger partial charge in [-0.25, -0.2) is 9.59 Å². The van der Waals surface area contributed by atoms with E-state index in [-0.39, 0.29) is 19.1 Å². The molecule has 0 unspecified atom stereocenters. The van der Waals surface area contributed by atoms with Crippen LogP contribution in [0.4, 0.5) is 4.79 Å². The van der Waals surface area contributed by atoms with Crippen LogP contribution >= 0.6 is 0 Å². The van der Waals surface area contributed by atoms with E-state index in [2.05, 4.69) is 5.32 Å². The summed E-state index contributed by atoms with van der Waals surface area (Å²) in [5.41, 5.74) is 1.74. The highest BCUT2D eigenvalue weighted by molar-refractivity contribution is 5.89. The Bertz CT molecular complexity index is 856. The minimum Gasteiger partial charge on any atom is -0.459 e. The summed E-state index contributed by atoms with van der Waals surface area (Å²) in [6, 6.07) is 17.2. The Morgan fingerprint density at radius 2 is 1.53 bits per heavy atom. The molecule has 1 N–H and O–H groups in total. The molecule has 0 aliphatic carbocycles. The van der Waals surface area contributed by atoms with Gasteiger partial charge >= 0.3 is 12.1 Å². The number of carbonyl (C=O) groups excluding carboxylic acids is 3. The highest BCUT2D eigenvalue weighted by atomic mass is 16.5. The number of likely N-dealkylation sites (tertiary alicyclic amines) is 1. The lowest BCUT2D eigenvalue weighted by Crippen LogP contribution is -2.50. The van der Waals surface area contributed by atoms with Gasteiger partial charge < -0.3 is 19.7 Å². The maximum absolute atomic E-state index is 12.8. The summed E-state index contributed by atoms with van der Waals surface area (Å²) in [5, 5.41) is 2.54. The van der Waals surface area contributed by atoms with Crippen LogP contribution in [-0.4, -0.2) is 41.5 Å². The summed E-state index contributed by atoms with van der Waals surface area (Å²) < 4.78 is 10.6. The molecule has 158 valence electrons. The van der Waals surface area contributed by atoms with E-state index >= 15 is 0 Å². The van der Waals surface area contributed by atoms with Crippen LogP contribution in [0.2, 0.25) is 0 Å². The third-order valence-corrected chi connectivity index (χ3v) is 4.95. The molecule has 7 nitrogen and oxygen atoms in total. The standard InChI is InChI=1S/C23H26N2O5/c1-17(24-23(28)30-16-19-11-6-3-7-12-19)21(26)25-14-8-13-20(25)22(27)29-15-18-9-4-2-5-10-18/h2-7,9-12,17,20H,8,13-16H2,1H3,(H,24,28)/t17-,20-/m0/s1. The van der Waals surface area contributed by atoms with Crippen molar-refractivity contribution in [2.75, 3.05) is 6.54 Å². The van der Waals surface area contributed by atoms with Crippen LogP contribution in [0.5, 0.6) is 0 Å². The zero-order chi connectivity index (χ0) is 21.3. The lowest BCUT2D eigenvalue weighted by Gasteiger charge is -2.26. The Kier molecular flexibility index (Phi) is 7.43. The van der Waals surface area contributed by atoms with Gasteiger partial charge in [-0.3, -0.25) is 4.79 Å². The van der Waals surface area contributed by atoms with Crippen LogP contribution in [0.25, 0.3) is 0 Å². The number of hydrogen-bond acceptors (Lipinski definition) is 5. The molecule has 2 amide bonds. The van der Waals surface area contributed by atoms with E-state index in [1.54, 1.807) is 6.92 Å². The topological polar surface area (TPSA) is 84.9 Å². The van der Waals surface area contributed by atoms with Gasteiger partial charge in [0, 0.05) is 6.54 Å². The van der Waals surface area contributed by atoms with Gasteiger partial charge in [0.2, 0.25) is 5.91 Å². The molecular weight excluding hydrogens is 384 g/mol. The van der Waals surface area contributed by atoms with Gasteiger partial charge in [-0.15, -0.1) is 0 Å². The molecule has 1 saturated heterocycles. The van der Waals surface area contributed by atoms with Crippen molar-refractivity contribution in [1.29, 1.82) is 0 Å². The predicted octanol–water partition coefficient (Wildman–Crippen LogP) is 3.04. The summed E-state index contributed by atoms with van der Waals surface area (Å²) in [6.45, 7) is 2.31. The number of carbonyl (C=O) groups is 3. The number of nitrogens with one attached hydrogen (secondary N) is 1. The van der Waals surface area contributed by atoms with Crippen molar-refractivity contribution < 1.29 is 23.9 Å². The average molecular weight is 410 g/mol. The van der Waals surface area contributed by atoms with E-state index in [9.17, 15) is 14.4 Å². The lowest BCUT2D eigenvalue weighted by atomic mass is 10.2. The van der Waals surface area contributed by atoms with Gasteiger partial charge in [-0.2, -0.15) is 0 Å². The lowest BCUT2D eigenvalue weighted by molar-refractivity contribution is -0.154. The van der Waals surface area contributed by atoms with Crippen molar-refractivity contribution >= 4 is 18.0 Å². The summed E-state index contributed by atoms with van der Waals surface area (Å²) in [5.74, 6) is -0.755. The fourth-order valence-corrected chi connectivity index (χ4v) is 3.35. The Morgan fingerprint density at radius 3 is 2.13 bits per heavy atom. The monoisotopic (exact) mass is 410 g/mol. The Hall–Kier alpha value is -3.35. The van der Waals surface area contributed by atoms with E-state index in [1.807, 2.05) is 60.7 Å². The number of amides is 2. The molecular formula is C23H26N2O5. The smallest absolute Gasteiger partial charge is 0.408 e. The van der Waals surface area contributed by atoms with Crippen molar-refractivity contribution in [2.24, 2.45) is 0 Å². The Balaban J connectivity index is 1.48. The first-order valence-corrected chi connectivity index (χ1v) is 10.0. The highest BCUT2D eigenvalue weighted by Gasteiger charge is 2.37. The fraction of sp³-hybridized carbons (Fsp3) is 0.348. The van der Waals surface area contributed by atoms with E-state index in [1.165, 1.54) is 4.90 Å². The number of ether oxygens (including phenoxy) is 2. The first-order chi connectivity index (χ1) is 14.5. The quantitative estimate of drug-likeness (QED) is 0.709. The number of nitrogens with zero attached hydrogens (tertiary/aromatic N) is 1. The minimum absolute atomic E-state index is 0.117. The van der Waals surface area contributed by atoms with E-state index < -0.39 is 24.1 Å². The number of alkyl carbamates (subject to hydrolysis) is 1. The Morgan fingerprint density at radius 1 is 0.967 bits per heavy atom. The molecule has 0 aromatic heterocycles. The minimum atomic E-state index is -0.809. The number of benzene rings is 2. The van der Waals surface area contributed by atoms with Gasteiger partial charge in [0.15, 0.2) is 0 Å². The fourth-order valence-electron chi connectivity index (χ4n) is 3.35. The zero-order valence-electron chi connectivity index (χ0n) is 17.0. The molecule has 3 rings (SSSR count). The largest absolute Gasteiger partial charge is 0.459 e. The maximum atomic E-state index is 12.8. The third-order valence-electron chi connectivity index (χ3n) is 4.95. The van der Waals surface area contributed by atoms with Crippen molar-refractivity contribution in [2.45, 2.75) is 45.1 Å². The highest BCUT2D eigenvalue weighted by Crippen LogP contribution is 2.20. The predicted molar refractivity (Wildman–Crippen MR) is 110 cm³/mol. The van der Waals surface area contributed by atoms with Gasteiger partial charge in [0.1, 0.15) is 25.3 Å². The summed E-state index contributed by atoms with van der Waals surface area (Å²) >= 11 is 0. The van der Waals surface area contributed by atoms with Crippen LogP contribution in [0.3, 0.4) is 0 Å². The SMILES string of the molecule is C[C@H](NC(=O)OCc1ccccc1)C(=O)N1CCC[C@H]1C(=O)OCc1ccccc1. The molecule has 1 aliphatic heterocycles.